The van der Waals surface area contributed by atoms with Crippen LogP contribution < -0.4 is 4.74 Å². The van der Waals surface area contributed by atoms with Crippen LogP contribution in [-0.4, -0.2) is 35.3 Å². The summed E-state index contributed by atoms with van der Waals surface area (Å²) in [5.41, 5.74) is -1.19. The third kappa shape index (κ3) is 2.97. The highest BCUT2D eigenvalue weighted by Gasteiger charge is 2.44. The number of fused-ring (bicyclic) bond motifs is 1. The molecular weight excluding hydrogens is 342 g/mol. The van der Waals surface area contributed by atoms with Gasteiger partial charge in [-0.1, -0.05) is 0 Å². The van der Waals surface area contributed by atoms with Crippen molar-refractivity contribution in [2.45, 2.75) is 18.5 Å². The fourth-order valence-corrected chi connectivity index (χ4v) is 2.63. The van der Waals surface area contributed by atoms with Gasteiger partial charge in [0, 0.05) is 11.1 Å². The lowest BCUT2D eigenvalue weighted by Gasteiger charge is -2.19. The van der Waals surface area contributed by atoms with Gasteiger partial charge in [0.1, 0.15) is 29.6 Å². The van der Waals surface area contributed by atoms with Crippen molar-refractivity contribution in [3.05, 3.63) is 47.4 Å². The van der Waals surface area contributed by atoms with Gasteiger partial charge in [0.15, 0.2) is 0 Å². The molecule has 1 N–H and O–H groups in total. The summed E-state index contributed by atoms with van der Waals surface area (Å²) in [5, 5.41) is 9.60. The van der Waals surface area contributed by atoms with Crippen molar-refractivity contribution in [2.75, 3.05) is 13.2 Å². The molecule has 0 aliphatic carbocycles. The third-order valence-corrected chi connectivity index (χ3v) is 4.12. The van der Waals surface area contributed by atoms with Crippen LogP contribution in [0.3, 0.4) is 0 Å². The molecule has 25 heavy (non-hydrogen) atoms. The Kier molecular flexibility index (Phi) is 4.03. The predicted octanol–water partition coefficient (Wildman–Crippen LogP) is 3.28. The van der Waals surface area contributed by atoms with Gasteiger partial charge in [0.05, 0.1) is 12.0 Å². The molecule has 1 aliphatic rings. The minimum absolute atomic E-state index is 0.00211. The molecule has 0 spiro atoms. The lowest BCUT2D eigenvalue weighted by Crippen LogP contribution is -2.29. The fourth-order valence-electron chi connectivity index (χ4n) is 2.63. The minimum atomic E-state index is -5.09. The Morgan fingerprint density at radius 2 is 1.96 bits per heavy atom. The summed E-state index contributed by atoms with van der Waals surface area (Å²) in [6.45, 7) is 1.25. The standard InChI is InChI=1S/C17H13F4NO3/c1-16(7-23)8-25-14-11(16)6-12(15(24)17(19,20)21)22-13(14)9-2-4-10(18)5-3-9/h2-6,23H,7-8H2,1H3. The van der Waals surface area contributed by atoms with E-state index in [0.29, 0.717) is 5.56 Å². The minimum Gasteiger partial charge on any atom is -0.490 e. The number of alkyl halides is 3. The van der Waals surface area contributed by atoms with Crippen LogP contribution in [0.2, 0.25) is 0 Å². The van der Waals surface area contributed by atoms with E-state index in [1.807, 2.05) is 0 Å². The van der Waals surface area contributed by atoms with Crippen molar-refractivity contribution in [3.63, 3.8) is 0 Å². The second-order valence-corrected chi connectivity index (χ2v) is 6.07. The van der Waals surface area contributed by atoms with Crippen LogP contribution in [0, 0.1) is 5.82 Å². The fraction of sp³-hybridized carbons (Fsp3) is 0.294. The van der Waals surface area contributed by atoms with E-state index in [1.54, 1.807) is 6.92 Å². The van der Waals surface area contributed by atoms with Gasteiger partial charge >= 0.3 is 6.18 Å². The van der Waals surface area contributed by atoms with Crippen molar-refractivity contribution in [3.8, 4) is 17.0 Å². The third-order valence-electron chi connectivity index (χ3n) is 4.12. The highest BCUT2D eigenvalue weighted by Crippen LogP contribution is 2.44. The largest absolute Gasteiger partial charge is 0.490 e. The number of hydrogen-bond acceptors (Lipinski definition) is 4. The number of halogens is 4. The number of aromatic nitrogens is 1. The monoisotopic (exact) mass is 355 g/mol. The summed E-state index contributed by atoms with van der Waals surface area (Å²) in [4.78, 5) is 15.5. The number of aliphatic hydroxyl groups excluding tert-OH is 1. The molecule has 0 fully saturated rings. The number of ketones is 1. The summed E-state index contributed by atoms with van der Waals surface area (Å²) in [6, 6.07) is 5.92. The first kappa shape index (κ1) is 17.3. The number of carbonyl (C=O) groups excluding carboxylic acids is 1. The van der Waals surface area contributed by atoms with Crippen LogP contribution in [-0.2, 0) is 5.41 Å². The summed E-state index contributed by atoms with van der Waals surface area (Å²) < 4.78 is 57.1. The van der Waals surface area contributed by atoms with E-state index in [0.717, 1.165) is 18.2 Å². The number of aliphatic hydroxyl groups is 1. The van der Waals surface area contributed by atoms with Gasteiger partial charge in [0.25, 0.3) is 5.78 Å². The molecule has 1 atom stereocenters. The zero-order chi connectivity index (χ0) is 18.4. The molecule has 1 aliphatic heterocycles. The van der Waals surface area contributed by atoms with E-state index in [9.17, 15) is 27.5 Å². The van der Waals surface area contributed by atoms with Crippen molar-refractivity contribution in [2.24, 2.45) is 0 Å². The van der Waals surface area contributed by atoms with Crippen LogP contribution >= 0.6 is 0 Å². The first-order valence-corrected chi connectivity index (χ1v) is 7.32. The number of nitrogens with zero attached hydrogens (tertiary/aromatic N) is 1. The van der Waals surface area contributed by atoms with Crippen LogP contribution in [0.1, 0.15) is 23.0 Å². The highest BCUT2D eigenvalue weighted by atomic mass is 19.4. The first-order chi connectivity index (χ1) is 11.7. The average Bonchev–Trinajstić information content (AvgIpc) is 2.91. The Morgan fingerprint density at radius 1 is 1.32 bits per heavy atom. The Labute approximate surface area is 140 Å². The Bertz CT molecular complexity index is 833. The molecule has 3 rings (SSSR count). The number of benzene rings is 1. The molecule has 2 heterocycles. The Morgan fingerprint density at radius 3 is 2.52 bits per heavy atom. The Hall–Kier alpha value is -2.48. The zero-order valence-corrected chi connectivity index (χ0v) is 13.0. The van der Waals surface area contributed by atoms with Crippen LogP contribution in [0.4, 0.5) is 17.6 Å². The number of Topliss-reactive ketones (excluding diaryl/α,β-unsaturated/α-hetero) is 1. The van der Waals surface area contributed by atoms with Gasteiger partial charge in [-0.2, -0.15) is 13.2 Å². The van der Waals surface area contributed by atoms with Gasteiger partial charge in [-0.15, -0.1) is 0 Å². The molecule has 1 aromatic heterocycles. The van der Waals surface area contributed by atoms with Gasteiger partial charge in [-0.05, 0) is 37.3 Å². The molecule has 0 saturated carbocycles. The van der Waals surface area contributed by atoms with Gasteiger partial charge < -0.3 is 9.84 Å². The molecule has 1 aromatic carbocycles. The van der Waals surface area contributed by atoms with Crippen molar-refractivity contribution < 1.29 is 32.2 Å². The van der Waals surface area contributed by atoms with Crippen molar-refractivity contribution in [1.29, 1.82) is 0 Å². The molecule has 0 bridgehead atoms. The van der Waals surface area contributed by atoms with Gasteiger partial charge in [-0.25, -0.2) is 9.37 Å². The van der Waals surface area contributed by atoms with Gasteiger partial charge in [0.2, 0.25) is 0 Å². The maximum absolute atomic E-state index is 13.1. The molecule has 132 valence electrons. The molecule has 4 nitrogen and oxygen atoms in total. The van der Waals surface area contributed by atoms with Crippen LogP contribution in [0.15, 0.2) is 30.3 Å². The lowest BCUT2D eigenvalue weighted by atomic mass is 9.84. The smallest absolute Gasteiger partial charge is 0.456 e. The van der Waals surface area contributed by atoms with Crippen LogP contribution in [0.25, 0.3) is 11.3 Å². The Balaban J connectivity index is 2.24. The van der Waals surface area contributed by atoms with Crippen molar-refractivity contribution >= 4 is 5.78 Å². The number of hydrogen-bond donors (Lipinski definition) is 1. The quantitative estimate of drug-likeness (QED) is 0.678. The number of carbonyl (C=O) groups is 1. The topological polar surface area (TPSA) is 59.4 Å². The normalized spacial score (nSPS) is 19.4. The van der Waals surface area contributed by atoms with Crippen molar-refractivity contribution in [1.82, 2.24) is 4.98 Å². The zero-order valence-electron chi connectivity index (χ0n) is 13.0. The number of rotatable bonds is 3. The van der Waals surface area contributed by atoms with Crippen LogP contribution in [0.5, 0.6) is 5.75 Å². The van der Waals surface area contributed by atoms with E-state index in [2.05, 4.69) is 4.98 Å². The number of ether oxygens (including phenoxy) is 1. The first-order valence-electron chi connectivity index (χ1n) is 7.32. The van der Waals surface area contributed by atoms with E-state index < -0.39 is 28.9 Å². The molecular formula is C17H13F4NO3. The lowest BCUT2D eigenvalue weighted by molar-refractivity contribution is -0.0888. The second-order valence-electron chi connectivity index (χ2n) is 6.07. The summed E-state index contributed by atoms with van der Waals surface area (Å²) >= 11 is 0. The van der Waals surface area contributed by atoms with E-state index in [-0.39, 0.29) is 30.2 Å². The van der Waals surface area contributed by atoms with E-state index in [4.69, 9.17) is 4.74 Å². The highest BCUT2D eigenvalue weighted by molar-refractivity contribution is 5.99. The molecule has 0 saturated heterocycles. The molecule has 0 amide bonds. The maximum atomic E-state index is 13.1. The molecule has 1 unspecified atom stereocenters. The SMILES string of the molecule is CC1(CO)COc2c1cc(C(=O)C(F)(F)F)nc2-c1ccc(F)cc1. The molecule has 8 heteroatoms. The second kappa shape index (κ2) is 5.80. The maximum Gasteiger partial charge on any atom is 0.456 e. The van der Waals surface area contributed by atoms with E-state index in [1.165, 1.54) is 12.1 Å². The summed E-state index contributed by atoms with van der Waals surface area (Å²) in [7, 11) is 0. The summed E-state index contributed by atoms with van der Waals surface area (Å²) in [6.07, 6.45) is -5.09. The summed E-state index contributed by atoms with van der Waals surface area (Å²) in [5.74, 6) is -2.43. The van der Waals surface area contributed by atoms with E-state index >= 15 is 0 Å². The molecule has 0 radical (unpaired) electrons. The number of pyridine rings is 1. The average molecular weight is 355 g/mol. The van der Waals surface area contributed by atoms with Gasteiger partial charge in [-0.3, -0.25) is 4.79 Å². The predicted molar refractivity (Wildman–Crippen MR) is 79.9 cm³/mol. The molecule has 2 aromatic rings.